The Morgan fingerprint density at radius 2 is 2.04 bits per heavy atom. The quantitative estimate of drug-likeness (QED) is 0.703. The van der Waals surface area contributed by atoms with Crippen molar-refractivity contribution in [2.45, 2.75) is 26.4 Å². The largest absolute Gasteiger partial charge is 0.379 e. The molecule has 1 aliphatic heterocycles. The monoisotopic (exact) mass is 383 g/mol. The number of thiophene rings is 1. The number of carbonyl (C=O) groups excluding carboxylic acids is 1. The van der Waals surface area contributed by atoms with Crippen molar-refractivity contribution in [1.82, 2.24) is 15.2 Å². The normalized spacial score (nSPS) is 16.5. The summed E-state index contributed by atoms with van der Waals surface area (Å²) in [5, 5.41) is 3.09. The number of hydrogen-bond donors (Lipinski definition) is 2. The van der Waals surface area contributed by atoms with Gasteiger partial charge in [-0.15, -0.1) is 11.3 Å². The van der Waals surface area contributed by atoms with Gasteiger partial charge in [-0.2, -0.15) is 0 Å². The van der Waals surface area contributed by atoms with E-state index < -0.39 is 0 Å². The number of fused-ring (bicyclic) bond motifs is 1. The number of carbonyl (C=O) groups is 1. The van der Waals surface area contributed by atoms with Crippen molar-refractivity contribution in [2.75, 3.05) is 26.3 Å². The summed E-state index contributed by atoms with van der Waals surface area (Å²) in [5.41, 5.74) is 4.12. The summed E-state index contributed by atoms with van der Waals surface area (Å²) in [4.78, 5) is 19.8. The smallest absolute Gasteiger partial charge is 0.268 e. The first-order chi connectivity index (χ1) is 13.1. The summed E-state index contributed by atoms with van der Waals surface area (Å²) in [6.07, 6.45) is 0. The number of rotatable bonds is 5. The number of nitrogens with zero attached hydrogens (tertiary/aromatic N) is 1. The van der Waals surface area contributed by atoms with E-state index in [0.29, 0.717) is 5.69 Å². The number of ether oxygens (including phenoxy) is 1. The van der Waals surface area contributed by atoms with Gasteiger partial charge in [0.15, 0.2) is 0 Å². The zero-order valence-corrected chi connectivity index (χ0v) is 16.6. The molecule has 142 valence electrons. The molecular formula is C21H25N3O2S. The lowest BCUT2D eigenvalue weighted by atomic mass is 10.1. The van der Waals surface area contributed by atoms with Gasteiger partial charge in [-0.05, 0) is 25.5 Å². The predicted molar refractivity (Wildman–Crippen MR) is 109 cm³/mol. The lowest BCUT2D eigenvalue weighted by Crippen LogP contribution is -2.35. The van der Waals surface area contributed by atoms with E-state index in [1.807, 2.05) is 43.3 Å². The third-order valence-corrected chi connectivity index (χ3v) is 6.24. The number of aromatic nitrogens is 1. The number of aromatic amines is 1. The average Bonchev–Trinajstić information content (AvgIpc) is 3.22. The molecule has 2 aromatic heterocycles. The highest BCUT2D eigenvalue weighted by atomic mass is 32.1. The van der Waals surface area contributed by atoms with Crippen LogP contribution < -0.4 is 5.32 Å². The fraction of sp³-hybridized carbons (Fsp3) is 0.381. The number of nitrogens with one attached hydrogen (secondary N) is 2. The SMILES string of the molecule is Cc1sc2cc(C(=O)NC(C)c3ccccc3)[nH]c2c1CN1CCOCC1. The van der Waals surface area contributed by atoms with Crippen molar-refractivity contribution in [3.05, 3.63) is 58.1 Å². The number of morpholine rings is 1. The maximum atomic E-state index is 12.7. The zero-order valence-electron chi connectivity index (χ0n) is 15.7. The van der Waals surface area contributed by atoms with E-state index in [-0.39, 0.29) is 11.9 Å². The minimum Gasteiger partial charge on any atom is -0.379 e. The van der Waals surface area contributed by atoms with E-state index in [1.165, 1.54) is 10.4 Å². The van der Waals surface area contributed by atoms with Crippen molar-refractivity contribution in [2.24, 2.45) is 0 Å². The highest BCUT2D eigenvalue weighted by molar-refractivity contribution is 7.19. The van der Waals surface area contributed by atoms with Gasteiger partial charge in [0.05, 0.1) is 29.5 Å². The van der Waals surface area contributed by atoms with Crippen LogP contribution in [0.1, 0.15) is 39.5 Å². The van der Waals surface area contributed by atoms with Gasteiger partial charge in [0, 0.05) is 30.1 Å². The summed E-state index contributed by atoms with van der Waals surface area (Å²) in [6.45, 7) is 8.57. The van der Waals surface area contributed by atoms with Crippen LogP contribution >= 0.6 is 11.3 Å². The fourth-order valence-electron chi connectivity index (χ4n) is 3.54. The van der Waals surface area contributed by atoms with Crippen LogP contribution in [0.4, 0.5) is 0 Å². The van der Waals surface area contributed by atoms with Crippen molar-refractivity contribution in [1.29, 1.82) is 0 Å². The predicted octanol–water partition coefficient (Wildman–Crippen LogP) is 3.86. The van der Waals surface area contributed by atoms with E-state index in [2.05, 4.69) is 22.1 Å². The van der Waals surface area contributed by atoms with Gasteiger partial charge >= 0.3 is 0 Å². The Labute approximate surface area is 163 Å². The first-order valence-corrected chi connectivity index (χ1v) is 10.2. The van der Waals surface area contributed by atoms with Gasteiger partial charge in [-0.25, -0.2) is 0 Å². The summed E-state index contributed by atoms with van der Waals surface area (Å²) >= 11 is 1.75. The van der Waals surface area contributed by atoms with Gasteiger partial charge in [0.2, 0.25) is 0 Å². The third kappa shape index (κ3) is 3.93. The van der Waals surface area contributed by atoms with E-state index in [1.54, 1.807) is 11.3 Å². The minimum absolute atomic E-state index is 0.0328. The highest BCUT2D eigenvalue weighted by Crippen LogP contribution is 2.32. The molecule has 4 rings (SSSR count). The molecule has 5 nitrogen and oxygen atoms in total. The Kier molecular flexibility index (Phi) is 5.29. The molecular weight excluding hydrogens is 358 g/mol. The first-order valence-electron chi connectivity index (χ1n) is 9.38. The Bertz CT molecular complexity index is 926. The maximum absolute atomic E-state index is 12.7. The second-order valence-electron chi connectivity index (χ2n) is 7.05. The number of amides is 1. The molecule has 2 N–H and O–H groups in total. The molecule has 1 aliphatic rings. The molecule has 1 unspecified atom stereocenters. The van der Waals surface area contributed by atoms with E-state index in [0.717, 1.165) is 48.6 Å². The molecule has 1 aromatic carbocycles. The van der Waals surface area contributed by atoms with Gasteiger partial charge in [-0.3, -0.25) is 9.69 Å². The average molecular weight is 384 g/mol. The van der Waals surface area contributed by atoms with Crippen LogP contribution in [0.5, 0.6) is 0 Å². The molecule has 0 aliphatic carbocycles. The van der Waals surface area contributed by atoms with Crippen LogP contribution in [0.25, 0.3) is 10.2 Å². The molecule has 27 heavy (non-hydrogen) atoms. The van der Waals surface area contributed by atoms with Crippen molar-refractivity contribution in [3.8, 4) is 0 Å². The lowest BCUT2D eigenvalue weighted by Gasteiger charge is -2.26. The van der Waals surface area contributed by atoms with E-state index in [9.17, 15) is 4.79 Å². The molecule has 6 heteroatoms. The number of hydrogen-bond acceptors (Lipinski definition) is 4. The molecule has 0 radical (unpaired) electrons. The van der Waals surface area contributed by atoms with Crippen LogP contribution in [0.2, 0.25) is 0 Å². The van der Waals surface area contributed by atoms with Gasteiger partial charge in [-0.1, -0.05) is 30.3 Å². The number of benzene rings is 1. The third-order valence-electron chi connectivity index (χ3n) is 5.15. The molecule has 1 saturated heterocycles. The van der Waals surface area contributed by atoms with Crippen molar-refractivity contribution >= 4 is 27.5 Å². The summed E-state index contributed by atoms with van der Waals surface area (Å²) in [5.74, 6) is -0.0651. The Balaban J connectivity index is 1.52. The summed E-state index contributed by atoms with van der Waals surface area (Å²) in [7, 11) is 0. The topological polar surface area (TPSA) is 57.4 Å². The van der Waals surface area contributed by atoms with Crippen molar-refractivity contribution < 1.29 is 9.53 Å². The van der Waals surface area contributed by atoms with E-state index >= 15 is 0 Å². The minimum atomic E-state index is -0.0651. The first kappa shape index (κ1) is 18.2. The molecule has 3 aromatic rings. The van der Waals surface area contributed by atoms with Crippen LogP contribution in [-0.2, 0) is 11.3 Å². The molecule has 1 amide bonds. The number of aryl methyl sites for hydroxylation is 1. The zero-order chi connectivity index (χ0) is 18.8. The highest BCUT2D eigenvalue weighted by Gasteiger charge is 2.20. The van der Waals surface area contributed by atoms with Crippen LogP contribution in [0, 0.1) is 6.92 Å². The molecule has 0 bridgehead atoms. The molecule has 1 atom stereocenters. The maximum Gasteiger partial charge on any atom is 0.268 e. The molecule has 0 spiro atoms. The van der Waals surface area contributed by atoms with Crippen LogP contribution in [0.15, 0.2) is 36.4 Å². The fourth-order valence-corrected chi connectivity index (χ4v) is 4.61. The van der Waals surface area contributed by atoms with Gasteiger partial charge in [0.25, 0.3) is 5.91 Å². The number of H-pyrrole nitrogens is 1. The van der Waals surface area contributed by atoms with Crippen molar-refractivity contribution in [3.63, 3.8) is 0 Å². The lowest BCUT2D eigenvalue weighted by molar-refractivity contribution is 0.0343. The Morgan fingerprint density at radius 3 is 2.78 bits per heavy atom. The standard InChI is InChI=1S/C21H25N3O2S/c1-14(16-6-4-3-5-7-16)22-21(25)18-12-19-20(23-18)17(15(2)27-19)13-24-8-10-26-11-9-24/h3-7,12,14,23H,8-11,13H2,1-2H3,(H,22,25). The molecule has 1 fully saturated rings. The van der Waals surface area contributed by atoms with E-state index in [4.69, 9.17) is 4.74 Å². The molecule has 3 heterocycles. The molecule has 0 saturated carbocycles. The Hall–Kier alpha value is -2.15. The van der Waals surface area contributed by atoms with Gasteiger partial charge < -0.3 is 15.0 Å². The van der Waals surface area contributed by atoms with Gasteiger partial charge in [0.1, 0.15) is 5.69 Å². The second-order valence-corrected chi connectivity index (χ2v) is 8.31. The second kappa shape index (κ2) is 7.84. The van der Waals surface area contributed by atoms with Crippen LogP contribution in [-0.4, -0.2) is 42.1 Å². The Morgan fingerprint density at radius 1 is 1.30 bits per heavy atom. The summed E-state index contributed by atoms with van der Waals surface area (Å²) < 4.78 is 6.59. The van der Waals surface area contributed by atoms with Crippen LogP contribution in [0.3, 0.4) is 0 Å². The summed E-state index contributed by atoms with van der Waals surface area (Å²) in [6, 6.07) is 12.0.